The summed E-state index contributed by atoms with van der Waals surface area (Å²) in [5.74, 6) is -1.67. The van der Waals surface area contributed by atoms with Crippen LogP contribution in [0.2, 0.25) is 5.02 Å². The van der Waals surface area contributed by atoms with Gasteiger partial charge >= 0.3 is 12.4 Å². The molecule has 1 aliphatic heterocycles. The number of rotatable bonds is 4. The Morgan fingerprint density at radius 3 is 2.06 bits per heavy atom. The summed E-state index contributed by atoms with van der Waals surface area (Å²) in [5.41, 5.74) is -3.31. The standard InChI is InChI=1S/C20H15ClF6N2O2/c21-15-1-3-16(4-2-15)29-10-11(5-17(29)30)9-28-18(31)12-6-13(19(22,23)24)8-14(7-12)20(25,26)27/h1-4,6-8,11H,5,9-10H2,(H,28,31). The van der Waals surface area contributed by atoms with Crippen molar-refractivity contribution >= 4 is 29.1 Å². The molecule has 1 unspecified atom stereocenters. The zero-order valence-corrected chi connectivity index (χ0v) is 16.4. The Balaban J connectivity index is 1.71. The van der Waals surface area contributed by atoms with Crippen molar-refractivity contribution in [1.82, 2.24) is 5.32 Å². The molecule has 4 nitrogen and oxygen atoms in total. The molecule has 166 valence electrons. The maximum atomic E-state index is 13.0. The van der Waals surface area contributed by atoms with Crippen molar-refractivity contribution < 1.29 is 35.9 Å². The van der Waals surface area contributed by atoms with Crippen molar-refractivity contribution in [1.29, 1.82) is 0 Å². The van der Waals surface area contributed by atoms with Gasteiger partial charge in [-0.15, -0.1) is 0 Å². The lowest BCUT2D eigenvalue weighted by atomic mass is 10.0. The molecule has 1 heterocycles. The topological polar surface area (TPSA) is 49.4 Å². The molecule has 11 heteroatoms. The van der Waals surface area contributed by atoms with E-state index in [9.17, 15) is 35.9 Å². The van der Waals surface area contributed by atoms with Crippen LogP contribution in [0.3, 0.4) is 0 Å². The van der Waals surface area contributed by atoms with Crippen LogP contribution < -0.4 is 10.2 Å². The third-order valence-corrected chi connectivity index (χ3v) is 5.00. The highest BCUT2D eigenvalue weighted by Gasteiger charge is 2.38. The predicted molar refractivity (Wildman–Crippen MR) is 101 cm³/mol. The molecular formula is C20H15ClF6N2O2. The zero-order valence-electron chi connectivity index (χ0n) is 15.6. The third-order valence-electron chi connectivity index (χ3n) is 4.74. The summed E-state index contributed by atoms with van der Waals surface area (Å²) in [7, 11) is 0. The molecule has 1 atom stereocenters. The second kappa shape index (κ2) is 8.41. The van der Waals surface area contributed by atoms with E-state index in [1.165, 1.54) is 4.90 Å². The fourth-order valence-corrected chi connectivity index (χ4v) is 3.34. The average Bonchev–Trinajstić information content (AvgIpc) is 3.05. The number of nitrogens with zero attached hydrogens (tertiary/aromatic N) is 1. The summed E-state index contributed by atoms with van der Waals surface area (Å²) in [6, 6.07) is 7.17. The first-order valence-corrected chi connectivity index (χ1v) is 9.36. The van der Waals surface area contributed by atoms with Crippen molar-refractivity contribution in [3.8, 4) is 0 Å². The maximum absolute atomic E-state index is 13.0. The van der Waals surface area contributed by atoms with Gasteiger partial charge < -0.3 is 10.2 Å². The lowest BCUT2D eigenvalue weighted by Crippen LogP contribution is -2.31. The summed E-state index contributed by atoms with van der Waals surface area (Å²) in [6.07, 6.45) is -10.0. The van der Waals surface area contributed by atoms with Crippen molar-refractivity contribution in [3.63, 3.8) is 0 Å². The van der Waals surface area contributed by atoms with Crippen LogP contribution in [0.5, 0.6) is 0 Å². The minimum absolute atomic E-state index is 0.0452. The van der Waals surface area contributed by atoms with E-state index in [0.29, 0.717) is 22.8 Å². The molecule has 1 aliphatic rings. The summed E-state index contributed by atoms with van der Waals surface area (Å²) < 4.78 is 77.7. The Bertz CT molecular complexity index is 956. The van der Waals surface area contributed by atoms with E-state index in [4.69, 9.17) is 11.6 Å². The van der Waals surface area contributed by atoms with Gasteiger partial charge in [0, 0.05) is 41.7 Å². The SMILES string of the molecule is O=C(NCC1CC(=O)N(c2ccc(Cl)cc2)C1)c1cc(C(F)(F)F)cc(C(F)(F)F)c1. The van der Waals surface area contributed by atoms with Gasteiger partial charge in [0.2, 0.25) is 5.91 Å². The first-order valence-electron chi connectivity index (χ1n) is 8.98. The number of halogens is 7. The van der Waals surface area contributed by atoms with Gasteiger partial charge in [0.1, 0.15) is 0 Å². The van der Waals surface area contributed by atoms with E-state index in [1.54, 1.807) is 24.3 Å². The lowest BCUT2D eigenvalue weighted by molar-refractivity contribution is -0.143. The Labute approximate surface area is 177 Å². The normalized spacial score (nSPS) is 17.2. The first-order chi connectivity index (χ1) is 14.3. The molecule has 31 heavy (non-hydrogen) atoms. The molecule has 0 aliphatic carbocycles. The van der Waals surface area contributed by atoms with Gasteiger partial charge in [-0.05, 0) is 42.5 Å². The highest BCUT2D eigenvalue weighted by atomic mass is 35.5. The quantitative estimate of drug-likeness (QED) is 0.635. The largest absolute Gasteiger partial charge is 0.416 e. The van der Waals surface area contributed by atoms with Crippen LogP contribution in [0, 0.1) is 5.92 Å². The van der Waals surface area contributed by atoms with Crippen molar-refractivity contribution in [2.24, 2.45) is 5.92 Å². The van der Waals surface area contributed by atoms with E-state index in [-0.39, 0.29) is 37.4 Å². The highest BCUT2D eigenvalue weighted by molar-refractivity contribution is 6.30. The number of anilines is 1. The third kappa shape index (κ3) is 5.49. The van der Waals surface area contributed by atoms with Crippen LogP contribution >= 0.6 is 11.6 Å². The number of carbonyl (C=O) groups excluding carboxylic acids is 2. The molecule has 0 saturated carbocycles. The van der Waals surface area contributed by atoms with Crippen LogP contribution in [0.4, 0.5) is 32.0 Å². The fraction of sp³-hybridized carbons (Fsp3) is 0.300. The van der Waals surface area contributed by atoms with Gasteiger partial charge in [-0.2, -0.15) is 26.3 Å². The molecule has 0 aromatic heterocycles. The molecular weight excluding hydrogens is 450 g/mol. The van der Waals surface area contributed by atoms with Crippen LogP contribution in [0.15, 0.2) is 42.5 Å². The van der Waals surface area contributed by atoms with Gasteiger partial charge in [0.25, 0.3) is 5.91 Å². The highest BCUT2D eigenvalue weighted by Crippen LogP contribution is 2.36. The molecule has 0 spiro atoms. The Morgan fingerprint density at radius 2 is 1.55 bits per heavy atom. The van der Waals surface area contributed by atoms with Crippen LogP contribution in [-0.2, 0) is 17.1 Å². The number of nitrogens with one attached hydrogen (secondary N) is 1. The van der Waals surface area contributed by atoms with Crippen molar-refractivity contribution in [2.45, 2.75) is 18.8 Å². The van der Waals surface area contributed by atoms with Crippen molar-refractivity contribution in [2.75, 3.05) is 18.0 Å². The van der Waals surface area contributed by atoms with Gasteiger partial charge in [-0.3, -0.25) is 9.59 Å². The minimum Gasteiger partial charge on any atom is -0.352 e. The minimum atomic E-state index is -5.05. The fourth-order valence-electron chi connectivity index (χ4n) is 3.21. The van der Waals surface area contributed by atoms with Gasteiger partial charge in [-0.25, -0.2) is 0 Å². The van der Waals surface area contributed by atoms with Gasteiger partial charge in [-0.1, -0.05) is 11.6 Å². The molecule has 1 N–H and O–H groups in total. The second-order valence-electron chi connectivity index (χ2n) is 7.06. The van der Waals surface area contributed by atoms with E-state index in [2.05, 4.69) is 5.32 Å². The molecule has 0 radical (unpaired) electrons. The maximum Gasteiger partial charge on any atom is 0.416 e. The van der Waals surface area contributed by atoms with E-state index >= 15 is 0 Å². The molecule has 3 rings (SSSR count). The number of alkyl halides is 6. The van der Waals surface area contributed by atoms with Crippen molar-refractivity contribution in [3.05, 3.63) is 64.2 Å². The lowest BCUT2D eigenvalue weighted by Gasteiger charge is -2.17. The average molecular weight is 465 g/mol. The second-order valence-corrected chi connectivity index (χ2v) is 7.49. The Morgan fingerprint density at radius 1 is 1.00 bits per heavy atom. The summed E-state index contributed by atoms with van der Waals surface area (Å²) in [4.78, 5) is 26.0. The number of hydrogen-bond acceptors (Lipinski definition) is 2. The van der Waals surface area contributed by atoms with Crippen LogP contribution in [0.25, 0.3) is 0 Å². The molecule has 1 saturated heterocycles. The number of amides is 2. The number of carbonyl (C=O) groups is 2. The molecule has 1 fully saturated rings. The van der Waals surface area contributed by atoms with Gasteiger partial charge in [0.15, 0.2) is 0 Å². The van der Waals surface area contributed by atoms with Crippen LogP contribution in [-0.4, -0.2) is 24.9 Å². The monoisotopic (exact) mass is 464 g/mol. The summed E-state index contributed by atoms with van der Waals surface area (Å²) in [5, 5.41) is 2.81. The van der Waals surface area contributed by atoms with E-state index in [1.807, 2.05) is 0 Å². The number of benzene rings is 2. The zero-order chi connectivity index (χ0) is 23.0. The predicted octanol–water partition coefficient (Wildman–Crippen LogP) is 5.16. The summed E-state index contributed by atoms with van der Waals surface area (Å²) >= 11 is 5.81. The molecule has 0 bridgehead atoms. The van der Waals surface area contributed by atoms with Crippen LogP contribution in [0.1, 0.15) is 27.9 Å². The molecule has 2 amide bonds. The molecule has 2 aromatic carbocycles. The molecule has 2 aromatic rings. The van der Waals surface area contributed by atoms with E-state index in [0.717, 1.165) is 0 Å². The Hall–Kier alpha value is -2.75. The summed E-state index contributed by atoms with van der Waals surface area (Å²) in [6.45, 7) is 0.142. The van der Waals surface area contributed by atoms with E-state index < -0.39 is 35.0 Å². The number of hydrogen-bond donors (Lipinski definition) is 1. The van der Waals surface area contributed by atoms with Gasteiger partial charge in [0.05, 0.1) is 11.1 Å². The first kappa shape index (κ1) is 22.9. The smallest absolute Gasteiger partial charge is 0.352 e. The Kier molecular flexibility index (Phi) is 6.22.